The monoisotopic (exact) mass is 293 g/mol. The first-order valence-corrected chi connectivity index (χ1v) is 6.67. The number of carboxylic acids is 1. The molecule has 2 N–H and O–H groups in total. The molecule has 0 radical (unpaired) electrons. The molecule has 0 bridgehead atoms. The van der Waals surface area contributed by atoms with E-state index in [-0.39, 0.29) is 5.56 Å². The lowest BCUT2D eigenvalue weighted by molar-refractivity contribution is 0.0699. The Hall–Kier alpha value is -3.22. The maximum Gasteiger partial charge on any atom is 0.341 e. The summed E-state index contributed by atoms with van der Waals surface area (Å²) in [7, 11) is 0. The minimum Gasteiger partial charge on any atom is -0.477 e. The molecule has 0 saturated heterocycles. The van der Waals surface area contributed by atoms with Crippen molar-refractivity contribution < 1.29 is 9.90 Å². The number of nitrogens with zero attached hydrogens (tertiary/aromatic N) is 4. The first-order valence-electron chi connectivity index (χ1n) is 6.67. The third-order valence-corrected chi connectivity index (χ3v) is 3.51. The fourth-order valence-electron chi connectivity index (χ4n) is 2.46. The second kappa shape index (κ2) is 4.39. The van der Waals surface area contributed by atoms with Gasteiger partial charge in [-0.25, -0.2) is 19.3 Å². The van der Waals surface area contributed by atoms with Gasteiger partial charge in [-0.15, -0.1) is 0 Å². The van der Waals surface area contributed by atoms with Crippen molar-refractivity contribution in [2.24, 2.45) is 0 Å². The first-order chi connectivity index (χ1) is 10.6. The molecular formula is C15H11N5O2. The van der Waals surface area contributed by atoms with Gasteiger partial charge in [-0.05, 0) is 25.1 Å². The van der Waals surface area contributed by atoms with Crippen molar-refractivity contribution in [1.82, 2.24) is 24.6 Å². The molecule has 0 saturated carbocycles. The molecule has 4 rings (SSSR count). The van der Waals surface area contributed by atoms with Gasteiger partial charge in [-0.3, -0.25) is 0 Å². The first kappa shape index (κ1) is 12.5. The summed E-state index contributed by atoms with van der Waals surface area (Å²) in [4.78, 5) is 23.4. The average Bonchev–Trinajstić information content (AvgIpc) is 3.10. The molecule has 3 aromatic heterocycles. The van der Waals surface area contributed by atoms with E-state index < -0.39 is 5.97 Å². The minimum atomic E-state index is -1.05. The number of hydrogen-bond donors (Lipinski definition) is 2. The van der Waals surface area contributed by atoms with Gasteiger partial charge in [0.05, 0.1) is 17.2 Å². The van der Waals surface area contributed by atoms with Crippen LogP contribution in [0.3, 0.4) is 0 Å². The van der Waals surface area contributed by atoms with Gasteiger partial charge in [-0.2, -0.15) is 5.10 Å². The van der Waals surface area contributed by atoms with Crippen LogP contribution in [-0.2, 0) is 0 Å². The second-order valence-corrected chi connectivity index (χ2v) is 4.98. The molecule has 0 aliphatic heterocycles. The highest BCUT2D eigenvalue weighted by molar-refractivity contribution is 5.94. The Bertz CT molecular complexity index is 998. The zero-order valence-corrected chi connectivity index (χ0v) is 11.6. The Morgan fingerprint density at radius 1 is 1.27 bits per heavy atom. The van der Waals surface area contributed by atoms with Crippen LogP contribution in [0.4, 0.5) is 0 Å². The third-order valence-electron chi connectivity index (χ3n) is 3.51. The number of imidazole rings is 1. The van der Waals surface area contributed by atoms with Crippen LogP contribution in [0.5, 0.6) is 0 Å². The highest BCUT2D eigenvalue weighted by Gasteiger charge is 2.16. The number of rotatable bonds is 2. The van der Waals surface area contributed by atoms with E-state index in [4.69, 9.17) is 0 Å². The molecule has 0 atom stereocenters. The number of carboxylic acid groups (broad SMARTS) is 1. The van der Waals surface area contributed by atoms with Crippen molar-refractivity contribution in [3.8, 4) is 11.5 Å². The van der Waals surface area contributed by atoms with E-state index in [2.05, 4.69) is 20.1 Å². The lowest BCUT2D eigenvalue weighted by Gasteiger charge is -2.02. The molecule has 4 aromatic rings. The highest BCUT2D eigenvalue weighted by atomic mass is 16.4. The SMILES string of the molecule is Cc1cc(-c2nc3ccccc3[nH]2)nc2c(C(=O)O)cnn12. The molecule has 7 nitrogen and oxygen atoms in total. The number of nitrogens with one attached hydrogen (secondary N) is 1. The van der Waals surface area contributed by atoms with Crippen molar-refractivity contribution in [3.63, 3.8) is 0 Å². The van der Waals surface area contributed by atoms with Crippen molar-refractivity contribution >= 4 is 22.6 Å². The van der Waals surface area contributed by atoms with Gasteiger partial charge in [0.1, 0.15) is 11.3 Å². The van der Waals surface area contributed by atoms with Crippen LogP contribution in [0, 0.1) is 6.92 Å². The minimum absolute atomic E-state index is 0.0704. The number of aromatic amines is 1. The number of benzene rings is 1. The molecule has 0 spiro atoms. The van der Waals surface area contributed by atoms with E-state index in [1.54, 1.807) is 0 Å². The van der Waals surface area contributed by atoms with Crippen molar-refractivity contribution in [2.75, 3.05) is 0 Å². The lowest BCUT2D eigenvalue weighted by atomic mass is 10.3. The van der Waals surface area contributed by atoms with Gasteiger partial charge >= 0.3 is 5.97 Å². The Morgan fingerprint density at radius 3 is 2.86 bits per heavy atom. The second-order valence-electron chi connectivity index (χ2n) is 4.98. The molecular weight excluding hydrogens is 282 g/mol. The van der Waals surface area contributed by atoms with Gasteiger partial charge in [-0.1, -0.05) is 12.1 Å². The molecule has 0 amide bonds. The summed E-state index contributed by atoms with van der Waals surface area (Å²) in [6, 6.07) is 9.49. The van der Waals surface area contributed by atoms with Crippen LogP contribution in [0.25, 0.3) is 28.2 Å². The number of hydrogen-bond acceptors (Lipinski definition) is 4. The van der Waals surface area contributed by atoms with E-state index in [1.165, 1.54) is 10.7 Å². The van der Waals surface area contributed by atoms with Crippen LogP contribution in [0.15, 0.2) is 36.5 Å². The number of carbonyl (C=O) groups is 1. The largest absolute Gasteiger partial charge is 0.477 e. The number of aryl methyl sites for hydroxylation is 1. The van der Waals surface area contributed by atoms with Crippen LogP contribution in [0.2, 0.25) is 0 Å². The summed E-state index contributed by atoms with van der Waals surface area (Å²) in [5, 5.41) is 13.3. The fourth-order valence-corrected chi connectivity index (χ4v) is 2.46. The van der Waals surface area contributed by atoms with Crippen molar-refractivity contribution in [2.45, 2.75) is 6.92 Å². The zero-order valence-electron chi connectivity index (χ0n) is 11.6. The predicted octanol–water partition coefficient (Wildman–Crippen LogP) is 2.28. The van der Waals surface area contributed by atoms with Crippen LogP contribution >= 0.6 is 0 Å². The summed E-state index contributed by atoms with van der Waals surface area (Å²) in [6.07, 6.45) is 1.31. The van der Waals surface area contributed by atoms with E-state index in [9.17, 15) is 9.90 Å². The van der Waals surface area contributed by atoms with Gasteiger partial charge in [0.25, 0.3) is 0 Å². The van der Waals surface area contributed by atoms with Crippen molar-refractivity contribution in [1.29, 1.82) is 0 Å². The molecule has 108 valence electrons. The number of fused-ring (bicyclic) bond motifs is 2. The zero-order chi connectivity index (χ0) is 15.3. The lowest BCUT2D eigenvalue weighted by Crippen LogP contribution is -2.01. The Kier molecular flexibility index (Phi) is 2.50. The summed E-state index contributed by atoms with van der Waals surface area (Å²) >= 11 is 0. The van der Waals surface area contributed by atoms with E-state index in [1.807, 2.05) is 37.3 Å². The topological polar surface area (TPSA) is 96.2 Å². The Labute approximate surface area is 124 Å². The van der Waals surface area contributed by atoms with Gasteiger partial charge < -0.3 is 10.1 Å². The Morgan fingerprint density at radius 2 is 2.09 bits per heavy atom. The van der Waals surface area contributed by atoms with Gasteiger partial charge in [0.15, 0.2) is 11.5 Å². The summed E-state index contributed by atoms with van der Waals surface area (Å²) in [6.45, 7) is 1.85. The fraction of sp³-hybridized carbons (Fsp3) is 0.0667. The number of H-pyrrole nitrogens is 1. The quantitative estimate of drug-likeness (QED) is 0.591. The normalized spacial score (nSPS) is 11.3. The molecule has 3 heterocycles. The van der Waals surface area contributed by atoms with E-state index >= 15 is 0 Å². The number of aromatic nitrogens is 5. The van der Waals surface area contributed by atoms with Crippen LogP contribution in [0.1, 0.15) is 16.1 Å². The summed E-state index contributed by atoms with van der Waals surface area (Å²) in [5.41, 5.74) is 3.49. The molecule has 0 fully saturated rings. The molecule has 0 aliphatic carbocycles. The van der Waals surface area contributed by atoms with Crippen LogP contribution in [-0.4, -0.2) is 35.6 Å². The standard InChI is InChI=1S/C15H11N5O2/c1-8-6-12(13-17-10-4-2-3-5-11(10)18-13)19-14-9(15(21)22)7-16-20(8)14/h2-7H,1H3,(H,17,18)(H,21,22). The Balaban J connectivity index is 1.98. The molecule has 7 heteroatoms. The van der Waals surface area contributed by atoms with Gasteiger partial charge in [0, 0.05) is 5.69 Å². The molecule has 22 heavy (non-hydrogen) atoms. The molecule has 1 aromatic carbocycles. The predicted molar refractivity (Wildman–Crippen MR) is 79.8 cm³/mol. The molecule has 0 aliphatic rings. The average molecular weight is 293 g/mol. The smallest absolute Gasteiger partial charge is 0.341 e. The van der Waals surface area contributed by atoms with Gasteiger partial charge in [0.2, 0.25) is 0 Å². The van der Waals surface area contributed by atoms with Crippen molar-refractivity contribution in [3.05, 3.63) is 47.8 Å². The highest BCUT2D eigenvalue weighted by Crippen LogP contribution is 2.21. The maximum absolute atomic E-state index is 11.3. The van der Waals surface area contributed by atoms with E-state index in [0.717, 1.165) is 16.7 Å². The number of para-hydroxylation sites is 2. The van der Waals surface area contributed by atoms with E-state index in [0.29, 0.717) is 17.2 Å². The third kappa shape index (κ3) is 1.76. The summed E-state index contributed by atoms with van der Waals surface area (Å²) < 4.78 is 1.51. The maximum atomic E-state index is 11.3. The number of aromatic carboxylic acids is 1. The summed E-state index contributed by atoms with van der Waals surface area (Å²) in [5.74, 6) is -0.451. The van der Waals surface area contributed by atoms with Crippen LogP contribution < -0.4 is 0 Å². The molecule has 0 unspecified atom stereocenters.